The van der Waals surface area contributed by atoms with Crippen LogP contribution in [0.25, 0.3) is 0 Å². The summed E-state index contributed by atoms with van der Waals surface area (Å²) < 4.78 is 11.0. The molecule has 4 atom stereocenters. The first-order valence-corrected chi connectivity index (χ1v) is 11.0. The lowest BCUT2D eigenvalue weighted by Crippen LogP contribution is -2.53. The van der Waals surface area contributed by atoms with E-state index in [0.29, 0.717) is 12.8 Å². The molecule has 1 fully saturated rings. The summed E-state index contributed by atoms with van der Waals surface area (Å²) >= 11 is 0. The van der Waals surface area contributed by atoms with Gasteiger partial charge in [0.2, 0.25) is 17.7 Å². The molecule has 0 aromatic rings. The first-order valence-electron chi connectivity index (χ1n) is 11.0. The third-order valence-corrected chi connectivity index (χ3v) is 4.91. The van der Waals surface area contributed by atoms with Crippen LogP contribution in [0.3, 0.4) is 0 Å². The number of amides is 4. The minimum atomic E-state index is -1.16. The van der Waals surface area contributed by atoms with Gasteiger partial charge in [-0.05, 0) is 47.0 Å². The molecule has 1 aliphatic rings. The number of carbonyl (C=O) groups excluding carboxylic acids is 4. The summed E-state index contributed by atoms with van der Waals surface area (Å²) in [7, 11) is 0. The van der Waals surface area contributed by atoms with E-state index < -0.39 is 47.5 Å². The molecule has 1 aliphatic carbocycles. The highest BCUT2D eigenvalue weighted by Crippen LogP contribution is 2.22. The molecule has 0 heterocycles. The Labute approximate surface area is 193 Å². The van der Waals surface area contributed by atoms with Crippen LogP contribution < -0.4 is 21.7 Å². The number of ether oxygens (including phenoxy) is 2. The fourth-order valence-corrected chi connectivity index (χ4v) is 3.30. The largest absolute Gasteiger partial charge is 0.481 e. The van der Waals surface area contributed by atoms with Gasteiger partial charge in [0.05, 0.1) is 12.1 Å². The number of carbonyl (C=O) groups is 5. The Bertz CT molecular complexity index is 722. The Kier molecular flexibility index (Phi) is 11.1. The standard InChI is InChI=1S/C21H36N4O8/c1-12(19(30)24-14(18(22)29)9-10-17(27)28)23-16(26)11-32-15-8-6-5-7-13(15)25-20(31)33-21(2,3)4/h12-15H,5-11H2,1-4H3,(H2,22,29)(H,23,26)(H,24,30)(H,25,31)(H,27,28)/t12-,13+,14+,15+/m0/s1. The monoisotopic (exact) mass is 472 g/mol. The van der Waals surface area contributed by atoms with Crippen molar-refractivity contribution >= 4 is 29.8 Å². The highest BCUT2D eigenvalue weighted by Gasteiger charge is 2.30. The van der Waals surface area contributed by atoms with Crippen molar-refractivity contribution in [3.05, 3.63) is 0 Å². The Morgan fingerprint density at radius 1 is 1.09 bits per heavy atom. The molecule has 0 bridgehead atoms. The average molecular weight is 473 g/mol. The van der Waals surface area contributed by atoms with Crippen LogP contribution in [0.1, 0.15) is 66.2 Å². The maximum atomic E-state index is 12.3. The molecular weight excluding hydrogens is 436 g/mol. The number of rotatable bonds is 11. The van der Waals surface area contributed by atoms with Crippen molar-refractivity contribution in [1.82, 2.24) is 16.0 Å². The van der Waals surface area contributed by atoms with Gasteiger partial charge in [0.1, 0.15) is 24.3 Å². The van der Waals surface area contributed by atoms with Crippen molar-refractivity contribution < 1.29 is 38.6 Å². The second kappa shape index (κ2) is 13.0. The highest BCUT2D eigenvalue weighted by atomic mass is 16.6. The van der Waals surface area contributed by atoms with E-state index in [1.54, 1.807) is 20.8 Å². The molecule has 0 spiro atoms. The van der Waals surface area contributed by atoms with Crippen LogP contribution in [0.2, 0.25) is 0 Å². The quantitative estimate of drug-likeness (QED) is 0.282. The van der Waals surface area contributed by atoms with Gasteiger partial charge in [0.15, 0.2) is 0 Å². The van der Waals surface area contributed by atoms with Gasteiger partial charge in [-0.15, -0.1) is 0 Å². The Morgan fingerprint density at radius 3 is 2.30 bits per heavy atom. The first-order chi connectivity index (χ1) is 15.3. The molecule has 0 aromatic carbocycles. The van der Waals surface area contributed by atoms with Crippen molar-refractivity contribution in [2.24, 2.45) is 5.73 Å². The molecule has 6 N–H and O–H groups in total. The van der Waals surface area contributed by atoms with E-state index in [2.05, 4.69) is 16.0 Å². The molecule has 188 valence electrons. The number of hydrogen-bond donors (Lipinski definition) is 5. The molecule has 0 radical (unpaired) electrons. The Balaban J connectivity index is 2.52. The van der Waals surface area contributed by atoms with Crippen molar-refractivity contribution in [1.29, 1.82) is 0 Å². The first kappa shape index (κ1) is 28.1. The van der Waals surface area contributed by atoms with Gasteiger partial charge in [0.25, 0.3) is 0 Å². The van der Waals surface area contributed by atoms with Crippen LogP contribution in [0.4, 0.5) is 4.79 Å². The summed E-state index contributed by atoms with van der Waals surface area (Å²) in [5.41, 5.74) is 4.56. The number of carboxylic acids is 1. The summed E-state index contributed by atoms with van der Waals surface area (Å²) in [6.45, 7) is 6.38. The SMILES string of the molecule is C[C@H](NC(=O)CO[C@@H]1CCCC[C@H]1NC(=O)OC(C)(C)C)C(=O)N[C@H](CCC(=O)O)C(N)=O. The normalized spacial score (nSPS) is 20.1. The van der Waals surface area contributed by atoms with E-state index in [1.807, 2.05) is 0 Å². The van der Waals surface area contributed by atoms with Gasteiger partial charge in [-0.1, -0.05) is 12.8 Å². The molecule has 0 aliphatic heterocycles. The van der Waals surface area contributed by atoms with E-state index in [9.17, 15) is 24.0 Å². The number of nitrogens with two attached hydrogens (primary N) is 1. The molecule has 4 amide bonds. The molecule has 0 aromatic heterocycles. The highest BCUT2D eigenvalue weighted by molar-refractivity contribution is 5.91. The second-order valence-electron chi connectivity index (χ2n) is 9.07. The summed E-state index contributed by atoms with van der Waals surface area (Å²) in [6.07, 6.45) is 1.72. The van der Waals surface area contributed by atoms with Gasteiger partial charge in [-0.25, -0.2) is 4.79 Å². The van der Waals surface area contributed by atoms with Crippen molar-refractivity contribution in [3.8, 4) is 0 Å². The maximum absolute atomic E-state index is 12.3. The predicted octanol–water partition coefficient (Wildman–Crippen LogP) is 0.179. The fraction of sp³-hybridized carbons (Fsp3) is 0.762. The van der Waals surface area contributed by atoms with Crippen molar-refractivity contribution in [2.75, 3.05) is 6.61 Å². The van der Waals surface area contributed by atoms with E-state index in [4.69, 9.17) is 20.3 Å². The second-order valence-corrected chi connectivity index (χ2v) is 9.07. The lowest BCUT2D eigenvalue weighted by molar-refractivity contribution is -0.137. The Hall–Kier alpha value is -2.89. The maximum Gasteiger partial charge on any atom is 0.407 e. The van der Waals surface area contributed by atoms with Gasteiger partial charge in [-0.3, -0.25) is 19.2 Å². The molecule has 0 saturated heterocycles. The average Bonchev–Trinajstić information content (AvgIpc) is 2.68. The van der Waals surface area contributed by atoms with Crippen LogP contribution in [0.15, 0.2) is 0 Å². The summed E-state index contributed by atoms with van der Waals surface area (Å²) in [5.74, 6) is -3.23. The molecular formula is C21H36N4O8. The number of hydrogen-bond acceptors (Lipinski definition) is 7. The fourth-order valence-electron chi connectivity index (χ4n) is 3.30. The summed E-state index contributed by atoms with van der Waals surface area (Å²) in [5, 5.41) is 16.3. The Morgan fingerprint density at radius 2 is 1.73 bits per heavy atom. The molecule has 12 nitrogen and oxygen atoms in total. The van der Waals surface area contributed by atoms with Gasteiger partial charge < -0.3 is 36.3 Å². The predicted molar refractivity (Wildman–Crippen MR) is 117 cm³/mol. The number of carboxylic acid groups (broad SMARTS) is 1. The zero-order valence-corrected chi connectivity index (χ0v) is 19.6. The van der Waals surface area contributed by atoms with E-state index >= 15 is 0 Å². The smallest absolute Gasteiger partial charge is 0.407 e. The molecule has 1 saturated carbocycles. The van der Waals surface area contributed by atoms with Gasteiger partial charge in [-0.2, -0.15) is 0 Å². The van der Waals surface area contributed by atoms with Crippen molar-refractivity contribution in [3.63, 3.8) is 0 Å². The third-order valence-electron chi connectivity index (χ3n) is 4.91. The molecule has 12 heteroatoms. The van der Waals surface area contributed by atoms with E-state index in [0.717, 1.165) is 12.8 Å². The zero-order valence-electron chi connectivity index (χ0n) is 19.6. The lowest BCUT2D eigenvalue weighted by Gasteiger charge is -2.32. The molecule has 1 rings (SSSR count). The zero-order chi connectivity index (χ0) is 25.2. The van der Waals surface area contributed by atoms with Crippen LogP contribution >= 0.6 is 0 Å². The number of nitrogens with one attached hydrogen (secondary N) is 3. The van der Waals surface area contributed by atoms with Crippen LogP contribution in [-0.2, 0) is 28.7 Å². The number of alkyl carbamates (subject to hydrolysis) is 1. The lowest BCUT2D eigenvalue weighted by atomic mass is 9.92. The number of aliphatic carboxylic acids is 1. The van der Waals surface area contributed by atoms with Gasteiger partial charge in [0, 0.05) is 6.42 Å². The molecule has 0 unspecified atom stereocenters. The van der Waals surface area contributed by atoms with Gasteiger partial charge >= 0.3 is 12.1 Å². The minimum absolute atomic E-state index is 0.159. The van der Waals surface area contributed by atoms with Crippen LogP contribution in [0, 0.1) is 0 Å². The molecule has 33 heavy (non-hydrogen) atoms. The van der Waals surface area contributed by atoms with Crippen LogP contribution in [-0.4, -0.2) is 71.3 Å². The van der Waals surface area contributed by atoms with Crippen molar-refractivity contribution in [2.45, 2.75) is 96.1 Å². The summed E-state index contributed by atoms with van der Waals surface area (Å²) in [6, 6.07) is -2.46. The van der Waals surface area contributed by atoms with Crippen LogP contribution in [0.5, 0.6) is 0 Å². The van der Waals surface area contributed by atoms with E-state index in [-0.39, 0.29) is 31.6 Å². The topological polar surface area (TPSA) is 186 Å². The minimum Gasteiger partial charge on any atom is -0.481 e. The third kappa shape index (κ3) is 11.5. The van der Waals surface area contributed by atoms with E-state index in [1.165, 1.54) is 6.92 Å². The number of primary amides is 1. The summed E-state index contributed by atoms with van der Waals surface area (Å²) in [4.78, 5) is 58.7.